The fourth-order valence-corrected chi connectivity index (χ4v) is 3.86. The summed E-state index contributed by atoms with van der Waals surface area (Å²) in [7, 11) is 2.06. The second-order valence-corrected chi connectivity index (χ2v) is 7.51. The van der Waals surface area contributed by atoms with E-state index in [4.69, 9.17) is 9.47 Å². The first-order valence-corrected chi connectivity index (χ1v) is 10.1. The van der Waals surface area contributed by atoms with Crippen molar-refractivity contribution in [3.63, 3.8) is 0 Å². The second-order valence-electron chi connectivity index (χ2n) is 7.51. The Bertz CT molecular complexity index is 1030. The highest BCUT2D eigenvalue weighted by molar-refractivity contribution is 6.04. The molecule has 0 bridgehead atoms. The van der Waals surface area contributed by atoms with Crippen LogP contribution in [0.2, 0.25) is 0 Å². The molecule has 3 aromatic rings. The maximum Gasteiger partial charge on any atom is 0.284 e. The number of ether oxygens (including phenoxy) is 2. The minimum absolute atomic E-state index is 0.127. The largest absolute Gasteiger partial charge is 0.454 e. The Labute approximate surface area is 171 Å². The predicted octanol–water partition coefficient (Wildman–Crippen LogP) is 3.02. The number of benzene rings is 3. The number of carbonyl (C=O) groups is 1. The lowest BCUT2D eigenvalue weighted by molar-refractivity contribution is -0.908. The van der Waals surface area contributed by atoms with E-state index in [1.807, 2.05) is 61.2 Å². The van der Waals surface area contributed by atoms with Gasteiger partial charge in [0.05, 0.1) is 12.7 Å². The van der Waals surface area contributed by atoms with Crippen molar-refractivity contribution in [2.24, 2.45) is 0 Å². The molecule has 1 N–H and O–H groups in total. The molecule has 3 aromatic carbocycles. The maximum absolute atomic E-state index is 13.4. The highest BCUT2D eigenvalue weighted by Gasteiger charge is 2.28. The van der Waals surface area contributed by atoms with Gasteiger partial charge in [0.15, 0.2) is 17.5 Å². The third-order valence-corrected chi connectivity index (χ3v) is 5.67. The molecule has 1 heterocycles. The molecule has 1 aliphatic rings. The summed E-state index contributed by atoms with van der Waals surface area (Å²) >= 11 is 0. The van der Waals surface area contributed by atoms with E-state index in [9.17, 15) is 4.79 Å². The van der Waals surface area contributed by atoms with Gasteiger partial charge in [0.1, 0.15) is 6.54 Å². The van der Waals surface area contributed by atoms with Crippen molar-refractivity contribution in [3.8, 4) is 11.5 Å². The van der Waals surface area contributed by atoms with E-state index in [1.165, 1.54) is 0 Å². The van der Waals surface area contributed by atoms with Crippen LogP contribution in [-0.2, 0) is 11.3 Å². The van der Waals surface area contributed by atoms with Crippen molar-refractivity contribution < 1.29 is 19.2 Å². The molecule has 1 amide bonds. The zero-order valence-corrected chi connectivity index (χ0v) is 17.1. The lowest BCUT2D eigenvalue weighted by Crippen LogP contribution is -3.12. The molecule has 0 saturated heterocycles. The smallest absolute Gasteiger partial charge is 0.284 e. The molecule has 1 aliphatic heterocycles. The summed E-state index contributed by atoms with van der Waals surface area (Å²) in [4.78, 5) is 16.4. The Morgan fingerprint density at radius 2 is 1.83 bits per heavy atom. The molecule has 0 aliphatic carbocycles. The van der Waals surface area contributed by atoms with Gasteiger partial charge in [-0.2, -0.15) is 0 Å². The van der Waals surface area contributed by atoms with E-state index in [2.05, 4.69) is 25.2 Å². The van der Waals surface area contributed by atoms with Crippen LogP contribution in [0.15, 0.2) is 60.7 Å². The van der Waals surface area contributed by atoms with Gasteiger partial charge in [0.25, 0.3) is 5.91 Å². The number of anilines is 1. The summed E-state index contributed by atoms with van der Waals surface area (Å²) in [6.45, 7) is 5.66. The van der Waals surface area contributed by atoms with Crippen LogP contribution in [0.4, 0.5) is 5.69 Å². The molecule has 0 radical (unpaired) electrons. The average molecular weight is 391 g/mol. The Kier molecular flexibility index (Phi) is 5.41. The van der Waals surface area contributed by atoms with E-state index in [0.29, 0.717) is 6.54 Å². The average Bonchev–Trinajstić information content (AvgIpc) is 3.21. The van der Waals surface area contributed by atoms with Gasteiger partial charge in [0, 0.05) is 17.5 Å². The zero-order valence-electron chi connectivity index (χ0n) is 17.1. The third kappa shape index (κ3) is 3.78. The number of carbonyl (C=O) groups excluding carboxylic acids is 1. The Hall–Kier alpha value is -3.05. The molecular formula is C24H27N2O3+. The number of hydrogen-bond donors (Lipinski definition) is 1. The van der Waals surface area contributed by atoms with Gasteiger partial charge < -0.3 is 19.3 Å². The Morgan fingerprint density at radius 3 is 2.66 bits per heavy atom. The molecule has 4 rings (SSSR count). The topological polar surface area (TPSA) is 43.2 Å². The number of nitrogens with zero attached hydrogens (tertiary/aromatic N) is 1. The number of nitrogens with one attached hydrogen (secondary N) is 1. The van der Waals surface area contributed by atoms with Crippen LogP contribution in [0.1, 0.15) is 19.4 Å². The van der Waals surface area contributed by atoms with Gasteiger partial charge in [-0.25, -0.2) is 0 Å². The number of rotatable bonds is 6. The number of hydrogen-bond acceptors (Lipinski definition) is 3. The zero-order chi connectivity index (χ0) is 20.4. The van der Waals surface area contributed by atoms with Crippen LogP contribution >= 0.6 is 0 Å². The molecule has 29 heavy (non-hydrogen) atoms. The fraction of sp³-hybridized carbons (Fsp3) is 0.292. The number of likely N-dealkylation sites (N-methyl/N-ethyl adjacent to an activating group) is 2. The Morgan fingerprint density at radius 1 is 1.07 bits per heavy atom. The van der Waals surface area contributed by atoms with E-state index in [0.717, 1.165) is 45.0 Å². The van der Waals surface area contributed by atoms with Gasteiger partial charge in [-0.3, -0.25) is 4.79 Å². The van der Waals surface area contributed by atoms with Crippen molar-refractivity contribution >= 4 is 22.4 Å². The molecule has 150 valence electrons. The van der Waals surface area contributed by atoms with Crippen molar-refractivity contribution in [2.45, 2.75) is 26.4 Å². The summed E-state index contributed by atoms with van der Waals surface area (Å²) in [6, 6.07) is 20.1. The van der Waals surface area contributed by atoms with E-state index in [-0.39, 0.29) is 18.7 Å². The quantitative estimate of drug-likeness (QED) is 0.702. The minimum Gasteiger partial charge on any atom is -0.454 e. The first-order chi connectivity index (χ1) is 14.1. The monoisotopic (exact) mass is 391 g/mol. The van der Waals surface area contributed by atoms with Crippen molar-refractivity contribution in [3.05, 3.63) is 66.2 Å². The fourth-order valence-electron chi connectivity index (χ4n) is 3.86. The van der Waals surface area contributed by atoms with Crippen LogP contribution in [0.25, 0.3) is 10.8 Å². The molecule has 5 nitrogen and oxygen atoms in total. The standard InChI is InChI=1S/C24H26N2O3/c1-4-26(21-11-7-9-19-8-5-6-10-20(19)21)24(27)17(2)25(3)15-18-12-13-22-23(14-18)29-16-28-22/h5-14,17H,4,15-16H2,1-3H3/p+1/t17-/m1/s1. The van der Waals surface area contributed by atoms with Crippen molar-refractivity contribution in [2.75, 3.05) is 25.3 Å². The highest BCUT2D eigenvalue weighted by atomic mass is 16.7. The van der Waals surface area contributed by atoms with E-state index < -0.39 is 0 Å². The number of quaternary nitrogens is 1. The van der Waals surface area contributed by atoms with Crippen LogP contribution in [-0.4, -0.2) is 32.3 Å². The van der Waals surface area contributed by atoms with Gasteiger partial charge in [0.2, 0.25) is 6.79 Å². The van der Waals surface area contributed by atoms with Crippen LogP contribution in [0.5, 0.6) is 11.5 Å². The van der Waals surface area contributed by atoms with E-state index in [1.54, 1.807) is 0 Å². The lowest BCUT2D eigenvalue weighted by Gasteiger charge is -2.28. The summed E-state index contributed by atoms with van der Waals surface area (Å²) in [5.74, 6) is 1.69. The SMILES string of the molecule is CCN(C(=O)[C@@H](C)[NH+](C)Cc1ccc2c(c1)OCO2)c1cccc2ccccc12. The van der Waals surface area contributed by atoms with Crippen molar-refractivity contribution in [1.82, 2.24) is 0 Å². The summed E-state index contributed by atoms with van der Waals surface area (Å²) < 4.78 is 10.9. The summed E-state index contributed by atoms with van der Waals surface area (Å²) in [5, 5.41) is 2.25. The summed E-state index contributed by atoms with van der Waals surface area (Å²) in [6.07, 6.45) is 0. The van der Waals surface area contributed by atoms with Crippen LogP contribution < -0.4 is 19.3 Å². The normalized spacial score (nSPS) is 14.6. The molecule has 0 saturated carbocycles. The second kappa shape index (κ2) is 8.13. The van der Waals surface area contributed by atoms with Gasteiger partial charge in [-0.15, -0.1) is 0 Å². The molecule has 0 spiro atoms. The van der Waals surface area contributed by atoms with Crippen LogP contribution in [0, 0.1) is 0 Å². The highest BCUT2D eigenvalue weighted by Crippen LogP contribution is 2.32. The third-order valence-electron chi connectivity index (χ3n) is 5.67. The molecular weight excluding hydrogens is 364 g/mol. The molecule has 0 aromatic heterocycles. The van der Waals surface area contributed by atoms with E-state index >= 15 is 0 Å². The molecule has 5 heteroatoms. The molecule has 0 fully saturated rings. The first kappa shape index (κ1) is 19.3. The Balaban J connectivity index is 1.53. The molecule has 2 atom stereocenters. The number of fused-ring (bicyclic) bond motifs is 2. The van der Waals surface area contributed by atoms with Crippen LogP contribution in [0.3, 0.4) is 0 Å². The van der Waals surface area contributed by atoms with Gasteiger partial charge in [-0.05, 0) is 43.5 Å². The predicted molar refractivity (Wildman–Crippen MR) is 115 cm³/mol. The van der Waals surface area contributed by atoms with Gasteiger partial charge in [-0.1, -0.05) is 36.4 Å². The maximum atomic E-state index is 13.4. The number of amides is 1. The first-order valence-electron chi connectivity index (χ1n) is 10.1. The molecule has 1 unspecified atom stereocenters. The lowest BCUT2D eigenvalue weighted by atomic mass is 10.1. The van der Waals surface area contributed by atoms with Crippen molar-refractivity contribution in [1.29, 1.82) is 0 Å². The minimum atomic E-state index is -0.181. The summed E-state index contributed by atoms with van der Waals surface area (Å²) in [5.41, 5.74) is 2.10. The van der Waals surface area contributed by atoms with Gasteiger partial charge >= 0.3 is 0 Å².